The third-order valence-electron chi connectivity index (χ3n) is 7.15. The summed E-state index contributed by atoms with van der Waals surface area (Å²) in [5.74, 6) is 0.468. The second-order valence-corrected chi connectivity index (χ2v) is 10.1. The summed E-state index contributed by atoms with van der Waals surface area (Å²) < 4.78 is 43.6. The standard InChI is InChI=1S/C19H20N4O3.C13H17F2NO/c1-13-17(21-19(20)24)23(15-6-4-3-5-7-15)22-18(13)26-12-14-8-10-16(25-2)11-9-14;1-17-7-6-16-5-4-11(9-16)10-2-3-12(14)13(15)8-10/h3-11H,12H2,1-2H3,(H3,20,21,24);2-3,8,11H,4-7,9H2,1H3. The molecule has 0 spiro atoms. The highest BCUT2D eigenvalue weighted by Gasteiger charge is 2.24. The Hall–Kier alpha value is -4.48. The summed E-state index contributed by atoms with van der Waals surface area (Å²) in [6.45, 7) is 5.66. The smallest absolute Gasteiger partial charge is 0.317 e. The number of methoxy groups -OCH3 is 2. The van der Waals surface area contributed by atoms with Gasteiger partial charge in [0.1, 0.15) is 18.2 Å². The highest BCUT2D eigenvalue weighted by Crippen LogP contribution is 2.29. The number of para-hydroxylation sites is 1. The number of carbonyl (C=O) groups is 1. The molecule has 9 nitrogen and oxygen atoms in total. The summed E-state index contributed by atoms with van der Waals surface area (Å²) in [6.07, 6.45) is 0.995. The van der Waals surface area contributed by atoms with Crippen molar-refractivity contribution < 1.29 is 27.8 Å². The van der Waals surface area contributed by atoms with Gasteiger partial charge < -0.3 is 24.8 Å². The maximum Gasteiger partial charge on any atom is 0.317 e. The minimum absolute atomic E-state index is 0.307. The lowest BCUT2D eigenvalue weighted by Crippen LogP contribution is -2.24. The van der Waals surface area contributed by atoms with E-state index in [4.69, 9.17) is 19.9 Å². The van der Waals surface area contributed by atoms with Crippen molar-refractivity contribution >= 4 is 11.8 Å². The fraction of sp³-hybridized carbons (Fsp3) is 0.312. The van der Waals surface area contributed by atoms with Gasteiger partial charge in [-0.1, -0.05) is 36.4 Å². The van der Waals surface area contributed by atoms with Crippen molar-refractivity contribution in [2.45, 2.75) is 25.9 Å². The van der Waals surface area contributed by atoms with Gasteiger partial charge in [-0.05, 0) is 73.3 Å². The van der Waals surface area contributed by atoms with Gasteiger partial charge in [0.15, 0.2) is 11.6 Å². The van der Waals surface area contributed by atoms with Crippen molar-refractivity contribution in [1.82, 2.24) is 14.7 Å². The number of anilines is 1. The Morgan fingerprint density at radius 3 is 2.44 bits per heavy atom. The van der Waals surface area contributed by atoms with Gasteiger partial charge in [-0.15, -0.1) is 5.10 Å². The van der Waals surface area contributed by atoms with Gasteiger partial charge in [-0.2, -0.15) is 0 Å². The number of hydrogen-bond donors (Lipinski definition) is 2. The average Bonchev–Trinajstić information content (AvgIpc) is 3.62. The molecule has 0 bridgehead atoms. The fourth-order valence-corrected chi connectivity index (χ4v) is 4.80. The van der Waals surface area contributed by atoms with E-state index in [9.17, 15) is 13.6 Å². The molecular formula is C32H37F2N5O4. The van der Waals surface area contributed by atoms with Crippen LogP contribution in [-0.2, 0) is 11.3 Å². The fourth-order valence-electron chi connectivity index (χ4n) is 4.80. The SMILES string of the molecule is COCCN1CCC(c2ccc(F)c(F)c2)C1.COc1ccc(COc2nn(-c3ccccc3)c(NC(N)=O)c2C)cc1. The molecule has 1 atom stereocenters. The van der Waals surface area contributed by atoms with E-state index in [1.54, 1.807) is 25.0 Å². The second-order valence-electron chi connectivity index (χ2n) is 10.1. The molecule has 2 amide bonds. The number of aromatic nitrogens is 2. The lowest BCUT2D eigenvalue weighted by molar-refractivity contribution is 0.160. The van der Waals surface area contributed by atoms with Crippen LogP contribution in [0.25, 0.3) is 5.69 Å². The minimum Gasteiger partial charge on any atom is -0.497 e. The molecule has 0 aliphatic carbocycles. The topological polar surface area (TPSA) is 104 Å². The monoisotopic (exact) mass is 593 g/mol. The molecular weight excluding hydrogens is 556 g/mol. The summed E-state index contributed by atoms with van der Waals surface area (Å²) in [7, 11) is 3.31. The first kappa shape index (κ1) is 31.5. The van der Waals surface area contributed by atoms with Crippen LogP contribution in [0.2, 0.25) is 0 Å². The van der Waals surface area contributed by atoms with Crippen LogP contribution in [0.3, 0.4) is 0 Å². The number of halogens is 2. The zero-order valence-electron chi connectivity index (χ0n) is 24.6. The number of nitrogens with zero attached hydrogens (tertiary/aromatic N) is 3. The molecule has 1 aliphatic rings. The number of hydrogen-bond acceptors (Lipinski definition) is 6. The van der Waals surface area contributed by atoms with E-state index in [2.05, 4.69) is 15.3 Å². The van der Waals surface area contributed by atoms with E-state index < -0.39 is 17.7 Å². The van der Waals surface area contributed by atoms with Crippen LogP contribution in [-0.4, -0.2) is 61.2 Å². The highest BCUT2D eigenvalue weighted by molar-refractivity contribution is 5.88. The van der Waals surface area contributed by atoms with Crippen molar-refractivity contribution in [2.75, 3.05) is 45.8 Å². The Bertz CT molecular complexity index is 1480. The molecule has 228 valence electrons. The first-order chi connectivity index (χ1) is 20.8. The third-order valence-corrected chi connectivity index (χ3v) is 7.15. The highest BCUT2D eigenvalue weighted by atomic mass is 19.2. The number of rotatable bonds is 10. The molecule has 43 heavy (non-hydrogen) atoms. The van der Waals surface area contributed by atoms with E-state index >= 15 is 0 Å². The lowest BCUT2D eigenvalue weighted by atomic mass is 9.98. The number of nitrogens with two attached hydrogens (primary N) is 1. The quantitative estimate of drug-likeness (QED) is 0.246. The van der Waals surface area contributed by atoms with Gasteiger partial charge in [-0.25, -0.2) is 18.3 Å². The van der Waals surface area contributed by atoms with Crippen molar-refractivity contribution in [1.29, 1.82) is 0 Å². The van der Waals surface area contributed by atoms with E-state index in [1.807, 2.05) is 61.5 Å². The van der Waals surface area contributed by atoms with Gasteiger partial charge in [0, 0.05) is 20.2 Å². The van der Waals surface area contributed by atoms with Crippen molar-refractivity contribution in [3.05, 3.63) is 101 Å². The normalized spacial score (nSPS) is 14.6. The van der Waals surface area contributed by atoms with Crippen LogP contribution >= 0.6 is 0 Å². The van der Waals surface area contributed by atoms with Gasteiger partial charge in [0.25, 0.3) is 0 Å². The van der Waals surface area contributed by atoms with Crippen LogP contribution in [0.4, 0.5) is 19.4 Å². The number of primary amides is 1. The number of ether oxygens (including phenoxy) is 3. The van der Waals surface area contributed by atoms with Gasteiger partial charge in [0.2, 0.25) is 5.88 Å². The number of nitrogens with one attached hydrogen (secondary N) is 1. The Kier molecular flexibility index (Phi) is 11.1. The number of amides is 2. The Labute approximate surface area is 250 Å². The minimum atomic E-state index is -0.775. The summed E-state index contributed by atoms with van der Waals surface area (Å²) in [5.41, 5.74) is 8.65. The molecule has 1 unspecified atom stereocenters. The van der Waals surface area contributed by atoms with Crippen molar-refractivity contribution in [2.24, 2.45) is 5.73 Å². The molecule has 2 heterocycles. The maximum atomic E-state index is 13.1. The molecule has 1 fully saturated rings. The second kappa shape index (κ2) is 15.1. The van der Waals surface area contributed by atoms with E-state index in [-0.39, 0.29) is 0 Å². The summed E-state index contributed by atoms with van der Waals surface area (Å²) in [5, 5.41) is 7.10. The van der Waals surface area contributed by atoms with Crippen molar-refractivity contribution in [3.8, 4) is 17.3 Å². The summed E-state index contributed by atoms with van der Waals surface area (Å²) >= 11 is 0. The summed E-state index contributed by atoms with van der Waals surface area (Å²) in [6, 6.07) is 20.6. The molecule has 1 aliphatic heterocycles. The molecule has 0 radical (unpaired) electrons. The maximum absolute atomic E-state index is 13.1. The third kappa shape index (κ3) is 8.52. The van der Waals surface area contributed by atoms with Gasteiger partial charge >= 0.3 is 6.03 Å². The predicted octanol–water partition coefficient (Wildman–Crippen LogP) is 5.66. The number of benzene rings is 3. The molecule has 4 aromatic rings. The first-order valence-electron chi connectivity index (χ1n) is 13.9. The lowest BCUT2D eigenvalue weighted by Gasteiger charge is -2.15. The zero-order chi connectivity index (χ0) is 30.8. The molecule has 5 rings (SSSR count). The van der Waals surface area contributed by atoms with Crippen LogP contribution in [0.1, 0.15) is 29.0 Å². The van der Waals surface area contributed by atoms with Crippen molar-refractivity contribution in [3.63, 3.8) is 0 Å². The van der Waals surface area contributed by atoms with Crippen LogP contribution in [0.15, 0.2) is 72.8 Å². The average molecular weight is 594 g/mol. The molecule has 0 saturated carbocycles. The number of carbonyl (C=O) groups excluding carboxylic acids is 1. The first-order valence-corrected chi connectivity index (χ1v) is 13.9. The Morgan fingerprint density at radius 1 is 1.05 bits per heavy atom. The molecule has 1 aromatic heterocycles. The van der Waals surface area contributed by atoms with Gasteiger partial charge in [-0.3, -0.25) is 5.32 Å². The molecule has 3 N–H and O–H groups in total. The summed E-state index contributed by atoms with van der Waals surface area (Å²) in [4.78, 5) is 13.7. The zero-order valence-corrected chi connectivity index (χ0v) is 24.6. The predicted molar refractivity (Wildman–Crippen MR) is 161 cm³/mol. The molecule has 1 saturated heterocycles. The Balaban J connectivity index is 0.000000215. The molecule has 11 heteroatoms. The number of likely N-dealkylation sites (tertiary alicyclic amines) is 1. The van der Waals surface area contributed by atoms with E-state index in [0.717, 1.165) is 48.6 Å². The van der Waals surface area contributed by atoms with E-state index in [0.29, 0.717) is 36.4 Å². The van der Waals surface area contributed by atoms with Gasteiger partial charge in [0.05, 0.1) is 25.0 Å². The van der Waals surface area contributed by atoms with Crippen LogP contribution in [0.5, 0.6) is 11.6 Å². The number of urea groups is 1. The van der Waals surface area contributed by atoms with Crippen LogP contribution < -0.4 is 20.5 Å². The van der Waals surface area contributed by atoms with Crippen LogP contribution in [0, 0.1) is 18.6 Å². The molecule has 3 aromatic carbocycles. The van der Waals surface area contributed by atoms with E-state index in [1.165, 1.54) is 12.1 Å². The Morgan fingerprint density at radius 2 is 1.79 bits per heavy atom. The largest absolute Gasteiger partial charge is 0.497 e.